The Hall–Kier alpha value is -0.500. The summed E-state index contributed by atoms with van der Waals surface area (Å²) in [5.41, 5.74) is 0.348. The smallest absolute Gasteiger partial charge is 0.338 e. The number of esters is 1. The minimum absolute atomic E-state index is 0.0495. The molecule has 0 unspecified atom stereocenters. The highest BCUT2D eigenvalue weighted by Gasteiger charge is 2.10. The number of ether oxygens (including phenoxy) is 1. The second-order valence-electron chi connectivity index (χ2n) is 4.22. The van der Waals surface area contributed by atoms with Crippen LogP contribution in [0.2, 0.25) is 0 Å². The maximum absolute atomic E-state index is 11.7. The molecule has 1 N–H and O–H groups in total. The van der Waals surface area contributed by atoms with E-state index < -0.39 is 14.6 Å². The van der Waals surface area contributed by atoms with Gasteiger partial charge in [0.25, 0.3) is 0 Å². The van der Waals surface area contributed by atoms with Crippen molar-refractivity contribution in [2.24, 2.45) is 0 Å². The molecular formula is C15H23O6PS2. The molecule has 0 fully saturated rings. The topological polar surface area (TPSA) is 74.2 Å². The number of phenolic OH excluding ortho intramolecular Hbond substituents is 1. The van der Waals surface area contributed by atoms with Crippen LogP contribution in [-0.2, 0) is 18.3 Å². The van der Waals surface area contributed by atoms with Crippen LogP contribution in [0.15, 0.2) is 24.3 Å². The lowest BCUT2D eigenvalue weighted by atomic mass is 10.2. The number of carbonyl (C=O) groups is 1. The Balaban J connectivity index is 2.03. The highest BCUT2D eigenvalue weighted by molar-refractivity contribution is 8.76. The highest BCUT2D eigenvalue weighted by atomic mass is 33.1. The number of aromatic hydroxyl groups is 1. The van der Waals surface area contributed by atoms with Crippen LogP contribution in [-0.4, -0.2) is 49.0 Å². The number of benzene rings is 1. The quantitative estimate of drug-likeness (QED) is 0.230. The normalized spacial score (nSPS) is 11.0. The Morgan fingerprint density at radius 3 is 2.38 bits per heavy atom. The lowest BCUT2D eigenvalue weighted by Gasteiger charge is -2.14. The SMILES string of the molecule is CCOP(OCC)OCCSSCCOC(=O)c1cccc(O)c1. The van der Waals surface area contributed by atoms with Gasteiger partial charge in [-0.3, -0.25) is 0 Å². The fourth-order valence-corrected chi connectivity index (χ4v) is 4.13. The van der Waals surface area contributed by atoms with Gasteiger partial charge in [-0.25, -0.2) is 4.79 Å². The second kappa shape index (κ2) is 13.8. The minimum atomic E-state index is -1.24. The van der Waals surface area contributed by atoms with Crippen molar-refractivity contribution < 1.29 is 28.2 Å². The summed E-state index contributed by atoms with van der Waals surface area (Å²) in [5, 5.41) is 9.32. The summed E-state index contributed by atoms with van der Waals surface area (Å²) >= 11 is 0. The van der Waals surface area contributed by atoms with Crippen molar-refractivity contribution in [3.63, 3.8) is 0 Å². The van der Waals surface area contributed by atoms with Crippen molar-refractivity contribution in [2.75, 3.05) is 37.9 Å². The van der Waals surface area contributed by atoms with Gasteiger partial charge >= 0.3 is 14.6 Å². The zero-order chi connectivity index (χ0) is 17.6. The molecule has 0 saturated heterocycles. The van der Waals surface area contributed by atoms with Crippen LogP contribution in [0.3, 0.4) is 0 Å². The third-order valence-electron chi connectivity index (χ3n) is 2.40. The van der Waals surface area contributed by atoms with Crippen LogP contribution in [0.25, 0.3) is 0 Å². The van der Waals surface area contributed by atoms with E-state index in [9.17, 15) is 9.90 Å². The zero-order valence-corrected chi connectivity index (χ0v) is 16.3. The first-order chi connectivity index (χ1) is 11.7. The molecule has 0 spiro atoms. The summed E-state index contributed by atoms with van der Waals surface area (Å²) in [6, 6.07) is 6.11. The van der Waals surface area contributed by atoms with Crippen LogP contribution in [0.1, 0.15) is 24.2 Å². The van der Waals surface area contributed by atoms with E-state index in [1.54, 1.807) is 33.7 Å². The van der Waals surface area contributed by atoms with Gasteiger partial charge in [-0.2, -0.15) is 0 Å². The third-order valence-corrected chi connectivity index (χ3v) is 6.06. The molecule has 0 atom stereocenters. The maximum Gasteiger partial charge on any atom is 0.338 e. The summed E-state index contributed by atoms with van der Waals surface area (Å²) < 4.78 is 21.3. The minimum Gasteiger partial charge on any atom is -0.508 e. The van der Waals surface area contributed by atoms with E-state index in [0.29, 0.717) is 37.7 Å². The molecule has 1 aromatic carbocycles. The Bertz CT molecular complexity index is 471. The first-order valence-electron chi connectivity index (χ1n) is 7.56. The van der Waals surface area contributed by atoms with Gasteiger partial charge in [0.1, 0.15) is 12.4 Å². The van der Waals surface area contributed by atoms with E-state index in [2.05, 4.69) is 0 Å². The predicted molar refractivity (Wildman–Crippen MR) is 99.4 cm³/mol. The molecule has 24 heavy (non-hydrogen) atoms. The second-order valence-corrected chi connectivity index (χ2v) is 8.15. The molecule has 136 valence electrons. The van der Waals surface area contributed by atoms with E-state index in [4.69, 9.17) is 18.3 Å². The van der Waals surface area contributed by atoms with Crippen molar-refractivity contribution in [2.45, 2.75) is 13.8 Å². The Kier molecular flexibility index (Phi) is 12.3. The zero-order valence-electron chi connectivity index (χ0n) is 13.8. The fourth-order valence-electron chi connectivity index (χ4n) is 1.47. The van der Waals surface area contributed by atoms with Gasteiger partial charge in [0, 0.05) is 11.5 Å². The number of phenols is 1. The summed E-state index contributed by atoms with van der Waals surface area (Å²) in [7, 11) is 2.01. The number of hydrogen-bond donors (Lipinski definition) is 1. The molecule has 0 aliphatic carbocycles. The van der Waals surface area contributed by atoms with Gasteiger partial charge in [0.2, 0.25) is 0 Å². The molecule has 1 aromatic rings. The highest BCUT2D eigenvalue weighted by Crippen LogP contribution is 2.39. The van der Waals surface area contributed by atoms with Crippen molar-refractivity contribution in [1.29, 1.82) is 0 Å². The average Bonchev–Trinajstić information content (AvgIpc) is 2.57. The molecule has 0 aliphatic heterocycles. The van der Waals surface area contributed by atoms with Crippen molar-refractivity contribution in [3.8, 4) is 5.75 Å². The van der Waals surface area contributed by atoms with Gasteiger partial charge in [-0.1, -0.05) is 27.7 Å². The molecule has 0 heterocycles. The molecule has 6 nitrogen and oxygen atoms in total. The van der Waals surface area contributed by atoms with E-state index in [-0.39, 0.29) is 5.75 Å². The molecule has 9 heteroatoms. The monoisotopic (exact) mass is 394 g/mol. The molecule has 0 saturated carbocycles. The number of rotatable bonds is 13. The largest absolute Gasteiger partial charge is 0.508 e. The van der Waals surface area contributed by atoms with Crippen molar-refractivity contribution in [1.82, 2.24) is 0 Å². The van der Waals surface area contributed by atoms with Crippen LogP contribution >= 0.6 is 30.2 Å². The molecule has 0 radical (unpaired) electrons. The molecule has 1 rings (SSSR count). The predicted octanol–water partition coefficient (Wildman–Crippen LogP) is 4.25. The van der Waals surface area contributed by atoms with E-state index >= 15 is 0 Å². The fraction of sp³-hybridized carbons (Fsp3) is 0.533. The number of carbonyl (C=O) groups excluding carboxylic acids is 1. The standard InChI is InChI=1S/C15H23O6PS2/c1-3-19-22(20-4-2)21-9-11-24-23-10-8-18-15(17)13-6-5-7-14(16)12-13/h5-7,12,16H,3-4,8-11H2,1-2H3. The Labute approximate surface area is 152 Å². The molecule has 0 aromatic heterocycles. The number of hydrogen-bond acceptors (Lipinski definition) is 8. The maximum atomic E-state index is 11.7. The average molecular weight is 394 g/mol. The molecule has 0 bridgehead atoms. The van der Waals surface area contributed by atoms with E-state index in [1.807, 2.05) is 13.8 Å². The van der Waals surface area contributed by atoms with Crippen LogP contribution in [0.4, 0.5) is 0 Å². The first-order valence-corrected chi connectivity index (χ1v) is 11.1. The molecule has 0 aliphatic rings. The van der Waals surface area contributed by atoms with Gasteiger partial charge in [-0.15, -0.1) is 0 Å². The van der Waals surface area contributed by atoms with Gasteiger partial charge < -0.3 is 23.4 Å². The summed E-state index contributed by atoms with van der Waals surface area (Å²) in [4.78, 5) is 11.7. The third kappa shape index (κ3) is 9.71. The van der Waals surface area contributed by atoms with Crippen molar-refractivity contribution >= 4 is 36.2 Å². The van der Waals surface area contributed by atoms with Crippen molar-refractivity contribution in [3.05, 3.63) is 29.8 Å². The lowest BCUT2D eigenvalue weighted by Crippen LogP contribution is -2.07. The molecule has 0 amide bonds. The van der Waals surface area contributed by atoms with Gasteiger partial charge in [0.15, 0.2) is 0 Å². The summed E-state index contributed by atoms with van der Waals surface area (Å²) in [5.74, 6) is 1.10. The van der Waals surface area contributed by atoms with Gasteiger partial charge in [-0.05, 0) is 32.0 Å². The van der Waals surface area contributed by atoms with E-state index in [1.165, 1.54) is 12.1 Å². The summed E-state index contributed by atoms with van der Waals surface area (Å²) in [6.45, 7) is 5.81. The summed E-state index contributed by atoms with van der Waals surface area (Å²) in [6.07, 6.45) is 0. The first kappa shape index (κ1) is 21.5. The van der Waals surface area contributed by atoms with Crippen LogP contribution in [0, 0.1) is 0 Å². The van der Waals surface area contributed by atoms with Crippen LogP contribution < -0.4 is 0 Å². The van der Waals surface area contributed by atoms with Crippen LogP contribution in [0.5, 0.6) is 5.75 Å². The molecular weight excluding hydrogens is 371 g/mol. The Morgan fingerprint density at radius 1 is 1.08 bits per heavy atom. The van der Waals surface area contributed by atoms with E-state index in [0.717, 1.165) is 5.75 Å². The van der Waals surface area contributed by atoms with Gasteiger partial charge in [0.05, 0.1) is 25.4 Å². The Morgan fingerprint density at radius 2 is 1.75 bits per heavy atom. The lowest BCUT2D eigenvalue weighted by molar-refractivity contribution is 0.0530.